The summed E-state index contributed by atoms with van der Waals surface area (Å²) in [6.45, 7) is 4.29. The van der Waals surface area contributed by atoms with E-state index < -0.39 is 0 Å². The second kappa shape index (κ2) is 10.4. The molecule has 31 heavy (non-hydrogen) atoms. The first kappa shape index (κ1) is 21.4. The third-order valence-corrected chi connectivity index (χ3v) is 6.18. The fourth-order valence-electron chi connectivity index (χ4n) is 3.68. The van der Waals surface area contributed by atoms with Crippen molar-refractivity contribution in [2.24, 2.45) is 0 Å². The molecule has 1 aliphatic rings. The topological polar surface area (TPSA) is 73.1 Å². The zero-order valence-corrected chi connectivity index (χ0v) is 18.6. The van der Waals surface area contributed by atoms with E-state index in [1.165, 1.54) is 24.6 Å². The number of hydrogen-bond acceptors (Lipinski definition) is 6. The normalized spacial score (nSPS) is 14.3. The van der Waals surface area contributed by atoms with E-state index in [9.17, 15) is 4.79 Å². The minimum atomic E-state index is 0.165. The quantitative estimate of drug-likeness (QED) is 0.515. The van der Waals surface area contributed by atoms with Gasteiger partial charge in [0.05, 0.1) is 12.4 Å². The predicted molar refractivity (Wildman–Crippen MR) is 122 cm³/mol. The molecule has 0 atom stereocenters. The Morgan fingerprint density at radius 2 is 1.71 bits per heavy atom. The molecule has 0 bridgehead atoms. The number of aromatic nitrogens is 4. The molecule has 8 heteroatoms. The highest BCUT2D eigenvalue weighted by atomic mass is 32.2. The van der Waals surface area contributed by atoms with Crippen LogP contribution >= 0.6 is 11.8 Å². The van der Waals surface area contributed by atoms with E-state index in [1.54, 1.807) is 12.4 Å². The van der Waals surface area contributed by atoms with Crippen LogP contribution < -0.4 is 4.74 Å². The molecular formula is C23H27N5O2S. The fourth-order valence-corrected chi connectivity index (χ4v) is 4.53. The van der Waals surface area contributed by atoms with Crippen molar-refractivity contribution >= 4 is 17.7 Å². The SMILES string of the molecule is CCOc1ccc(-n2c(SCC(=O)N3CCCCCC3)nnc2-c2ccncc2)cc1. The number of amides is 1. The van der Waals surface area contributed by atoms with Gasteiger partial charge in [-0.15, -0.1) is 10.2 Å². The molecule has 162 valence electrons. The maximum absolute atomic E-state index is 12.8. The lowest BCUT2D eigenvalue weighted by Crippen LogP contribution is -2.33. The fraction of sp³-hybridized carbons (Fsp3) is 0.391. The van der Waals surface area contributed by atoms with Gasteiger partial charge in [-0.2, -0.15) is 0 Å². The first-order valence-corrected chi connectivity index (χ1v) is 11.7. The zero-order valence-electron chi connectivity index (χ0n) is 17.7. The van der Waals surface area contributed by atoms with Crippen LogP contribution in [0.1, 0.15) is 32.6 Å². The molecule has 1 saturated heterocycles. The molecule has 1 aromatic carbocycles. The van der Waals surface area contributed by atoms with Gasteiger partial charge in [0.1, 0.15) is 5.75 Å². The number of hydrogen-bond donors (Lipinski definition) is 0. The Hall–Kier alpha value is -2.87. The van der Waals surface area contributed by atoms with Crippen LogP contribution in [0.2, 0.25) is 0 Å². The van der Waals surface area contributed by atoms with Crippen LogP contribution in [-0.4, -0.2) is 56.0 Å². The van der Waals surface area contributed by atoms with E-state index in [2.05, 4.69) is 15.2 Å². The van der Waals surface area contributed by atoms with Gasteiger partial charge in [0.15, 0.2) is 11.0 Å². The lowest BCUT2D eigenvalue weighted by atomic mass is 10.2. The zero-order chi connectivity index (χ0) is 21.5. The van der Waals surface area contributed by atoms with Crippen LogP contribution in [0.4, 0.5) is 0 Å². The molecule has 0 radical (unpaired) electrons. The van der Waals surface area contributed by atoms with Gasteiger partial charge in [-0.25, -0.2) is 0 Å². The molecule has 3 aromatic rings. The van der Waals surface area contributed by atoms with Crippen LogP contribution in [-0.2, 0) is 4.79 Å². The number of benzene rings is 1. The Morgan fingerprint density at radius 3 is 2.39 bits per heavy atom. The van der Waals surface area contributed by atoms with Crippen LogP contribution in [0.25, 0.3) is 17.1 Å². The average Bonchev–Trinajstić information content (AvgIpc) is 3.03. The summed E-state index contributed by atoms with van der Waals surface area (Å²) in [5.74, 6) is 2.05. The van der Waals surface area contributed by atoms with E-state index in [0.29, 0.717) is 17.5 Å². The van der Waals surface area contributed by atoms with Crippen molar-refractivity contribution in [3.05, 3.63) is 48.8 Å². The molecule has 2 aromatic heterocycles. The van der Waals surface area contributed by atoms with E-state index in [-0.39, 0.29) is 5.91 Å². The number of pyridine rings is 1. The molecule has 3 heterocycles. The van der Waals surface area contributed by atoms with Crippen molar-refractivity contribution in [3.8, 4) is 22.8 Å². The Kier molecular flexibility index (Phi) is 7.19. The van der Waals surface area contributed by atoms with Gasteiger partial charge < -0.3 is 9.64 Å². The largest absolute Gasteiger partial charge is 0.494 e. The van der Waals surface area contributed by atoms with E-state index >= 15 is 0 Å². The van der Waals surface area contributed by atoms with Gasteiger partial charge >= 0.3 is 0 Å². The van der Waals surface area contributed by atoms with Gasteiger partial charge in [0.25, 0.3) is 0 Å². The standard InChI is InChI=1S/C23H27N5O2S/c1-2-30-20-9-7-19(8-10-20)28-22(18-11-13-24-14-12-18)25-26-23(28)31-17-21(29)27-15-5-3-4-6-16-27/h7-14H,2-6,15-17H2,1H3. The molecule has 0 N–H and O–H groups in total. The maximum Gasteiger partial charge on any atom is 0.233 e. The van der Waals surface area contributed by atoms with Crippen LogP contribution in [0.3, 0.4) is 0 Å². The monoisotopic (exact) mass is 437 g/mol. The molecule has 1 fully saturated rings. The minimum Gasteiger partial charge on any atom is -0.494 e. The first-order valence-electron chi connectivity index (χ1n) is 10.8. The van der Waals surface area contributed by atoms with Crippen molar-refractivity contribution in [2.75, 3.05) is 25.4 Å². The number of carbonyl (C=O) groups excluding carboxylic acids is 1. The molecule has 4 rings (SSSR count). The third kappa shape index (κ3) is 5.25. The van der Waals surface area contributed by atoms with Crippen LogP contribution in [0.5, 0.6) is 5.75 Å². The van der Waals surface area contributed by atoms with Crippen molar-refractivity contribution < 1.29 is 9.53 Å². The van der Waals surface area contributed by atoms with Crippen LogP contribution in [0.15, 0.2) is 53.9 Å². The number of likely N-dealkylation sites (tertiary alicyclic amines) is 1. The lowest BCUT2D eigenvalue weighted by molar-refractivity contribution is -0.128. The molecule has 0 unspecified atom stereocenters. The molecule has 0 saturated carbocycles. The predicted octanol–water partition coefficient (Wildman–Crippen LogP) is 4.22. The molecule has 1 amide bonds. The smallest absolute Gasteiger partial charge is 0.233 e. The van der Waals surface area contributed by atoms with E-state index in [1.807, 2.05) is 52.8 Å². The molecule has 0 aliphatic carbocycles. The first-order chi connectivity index (χ1) is 15.3. The Labute approximate surface area is 186 Å². The van der Waals surface area contributed by atoms with Gasteiger partial charge in [-0.1, -0.05) is 24.6 Å². The summed E-state index contributed by atoms with van der Waals surface area (Å²) < 4.78 is 7.57. The summed E-state index contributed by atoms with van der Waals surface area (Å²) in [6.07, 6.45) is 8.07. The second-order valence-corrected chi connectivity index (χ2v) is 8.33. The maximum atomic E-state index is 12.8. The van der Waals surface area contributed by atoms with Crippen molar-refractivity contribution in [1.82, 2.24) is 24.6 Å². The van der Waals surface area contributed by atoms with E-state index in [0.717, 1.165) is 48.8 Å². The number of nitrogens with zero attached hydrogens (tertiary/aromatic N) is 5. The van der Waals surface area contributed by atoms with Gasteiger partial charge in [0.2, 0.25) is 5.91 Å². The Bertz CT molecular complexity index is 983. The number of carbonyl (C=O) groups is 1. The summed E-state index contributed by atoms with van der Waals surface area (Å²) in [5, 5.41) is 9.55. The summed E-state index contributed by atoms with van der Waals surface area (Å²) in [5.41, 5.74) is 1.84. The lowest BCUT2D eigenvalue weighted by Gasteiger charge is -2.20. The number of rotatable bonds is 7. The van der Waals surface area contributed by atoms with Gasteiger partial charge in [0, 0.05) is 36.7 Å². The summed E-state index contributed by atoms with van der Waals surface area (Å²) in [4.78, 5) is 18.9. The van der Waals surface area contributed by atoms with Gasteiger partial charge in [-0.3, -0.25) is 14.3 Å². The highest BCUT2D eigenvalue weighted by Crippen LogP contribution is 2.29. The molecule has 0 spiro atoms. The summed E-state index contributed by atoms with van der Waals surface area (Å²) >= 11 is 1.43. The Balaban J connectivity index is 1.60. The molecular weight excluding hydrogens is 410 g/mol. The van der Waals surface area contributed by atoms with Crippen LogP contribution in [0, 0.1) is 0 Å². The second-order valence-electron chi connectivity index (χ2n) is 7.39. The van der Waals surface area contributed by atoms with E-state index in [4.69, 9.17) is 4.74 Å². The highest BCUT2D eigenvalue weighted by Gasteiger charge is 2.20. The summed E-state index contributed by atoms with van der Waals surface area (Å²) in [7, 11) is 0. The number of ether oxygens (including phenoxy) is 1. The highest BCUT2D eigenvalue weighted by molar-refractivity contribution is 7.99. The molecule has 7 nitrogen and oxygen atoms in total. The number of thioether (sulfide) groups is 1. The van der Waals surface area contributed by atoms with Crippen molar-refractivity contribution in [2.45, 2.75) is 37.8 Å². The average molecular weight is 438 g/mol. The molecule has 1 aliphatic heterocycles. The minimum absolute atomic E-state index is 0.165. The van der Waals surface area contributed by atoms with Crippen molar-refractivity contribution in [3.63, 3.8) is 0 Å². The summed E-state index contributed by atoms with van der Waals surface area (Å²) in [6, 6.07) is 11.7. The Morgan fingerprint density at radius 1 is 1.00 bits per heavy atom. The third-order valence-electron chi connectivity index (χ3n) is 5.26. The van der Waals surface area contributed by atoms with Crippen molar-refractivity contribution in [1.29, 1.82) is 0 Å². The van der Waals surface area contributed by atoms with Gasteiger partial charge in [-0.05, 0) is 56.2 Å².